The maximum Gasteiger partial charge on any atom is 0.276 e. The Morgan fingerprint density at radius 2 is 2.03 bits per heavy atom. The van der Waals surface area contributed by atoms with Gasteiger partial charge in [-0.3, -0.25) is 4.79 Å². The summed E-state index contributed by atoms with van der Waals surface area (Å²) in [5.41, 5.74) is 3.70. The molecule has 1 aliphatic rings. The fraction of sp³-hybridized carbons (Fsp3) is 0.333. The van der Waals surface area contributed by atoms with Gasteiger partial charge in [-0.1, -0.05) is 17.7 Å². The van der Waals surface area contributed by atoms with Gasteiger partial charge < -0.3 is 25.4 Å². The summed E-state index contributed by atoms with van der Waals surface area (Å²) >= 11 is 5.94. The Labute approximate surface area is 203 Å². The number of amides is 1. The van der Waals surface area contributed by atoms with Crippen LogP contribution in [0.15, 0.2) is 42.6 Å². The quantitative estimate of drug-likeness (QED) is 0.470. The molecule has 178 valence electrons. The number of carbonyl (C=O) groups excluding carboxylic acids is 1. The number of benzene rings is 1. The molecule has 1 aromatic carbocycles. The zero-order valence-electron chi connectivity index (χ0n) is 19.1. The summed E-state index contributed by atoms with van der Waals surface area (Å²) in [4.78, 5) is 19.6. The van der Waals surface area contributed by atoms with Gasteiger partial charge in [0.2, 0.25) is 0 Å². The Bertz CT molecular complexity index is 1170. The van der Waals surface area contributed by atoms with Crippen molar-refractivity contribution in [3.8, 4) is 11.1 Å². The molecule has 1 aliphatic heterocycles. The van der Waals surface area contributed by atoms with Crippen LogP contribution in [-0.4, -0.2) is 65.1 Å². The number of aryl methyl sites for hydroxylation is 1. The molecule has 1 fully saturated rings. The van der Waals surface area contributed by atoms with Gasteiger partial charge in [-0.2, -0.15) is 5.10 Å². The SMILES string of the molecule is Cc1ccc(NC(=O)c2cc(Cl)cnn2)cc1-c1cc(N[C@H](C)CO)nc(N2CCOCC2)c1. The van der Waals surface area contributed by atoms with Crippen LogP contribution in [0.3, 0.4) is 0 Å². The van der Waals surface area contributed by atoms with Crippen LogP contribution in [-0.2, 0) is 4.74 Å². The number of nitrogens with one attached hydrogen (secondary N) is 2. The van der Waals surface area contributed by atoms with Crippen LogP contribution in [0.1, 0.15) is 23.0 Å². The van der Waals surface area contributed by atoms with E-state index in [0.29, 0.717) is 29.7 Å². The van der Waals surface area contributed by atoms with Crippen molar-refractivity contribution in [1.82, 2.24) is 15.2 Å². The molecular weight excluding hydrogens is 456 g/mol. The predicted octanol–water partition coefficient (Wildman–Crippen LogP) is 3.38. The molecular formula is C24H27ClN6O3. The molecule has 9 nitrogen and oxygen atoms in total. The molecule has 3 N–H and O–H groups in total. The van der Waals surface area contributed by atoms with E-state index >= 15 is 0 Å². The van der Waals surface area contributed by atoms with Crippen LogP contribution in [0.4, 0.5) is 17.3 Å². The fourth-order valence-electron chi connectivity index (χ4n) is 3.66. The molecule has 0 bridgehead atoms. The molecule has 0 aliphatic carbocycles. The highest BCUT2D eigenvalue weighted by atomic mass is 35.5. The fourth-order valence-corrected chi connectivity index (χ4v) is 3.80. The molecule has 1 saturated heterocycles. The maximum atomic E-state index is 12.6. The molecule has 0 saturated carbocycles. The van der Waals surface area contributed by atoms with E-state index < -0.39 is 5.91 Å². The van der Waals surface area contributed by atoms with Crippen LogP contribution >= 0.6 is 11.6 Å². The Kier molecular flexibility index (Phi) is 7.56. The van der Waals surface area contributed by atoms with Crippen molar-refractivity contribution < 1.29 is 14.6 Å². The topological polar surface area (TPSA) is 112 Å². The first kappa shape index (κ1) is 23.9. The van der Waals surface area contributed by atoms with E-state index in [0.717, 1.165) is 35.6 Å². The van der Waals surface area contributed by atoms with E-state index in [-0.39, 0.29) is 18.3 Å². The molecule has 34 heavy (non-hydrogen) atoms. The van der Waals surface area contributed by atoms with Crippen LogP contribution < -0.4 is 15.5 Å². The molecule has 1 amide bonds. The number of rotatable bonds is 7. The van der Waals surface area contributed by atoms with E-state index in [1.807, 2.05) is 44.2 Å². The number of aliphatic hydroxyl groups excluding tert-OH is 1. The number of hydrogen-bond donors (Lipinski definition) is 3. The molecule has 0 spiro atoms. The van der Waals surface area contributed by atoms with Crippen LogP contribution in [0.25, 0.3) is 11.1 Å². The van der Waals surface area contributed by atoms with E-state index in [1.165, 1.54) is 12.3 Å². The number of anilines is 3. The molecule has 4 rings (SSSR count). The number of aromatic nitrogens is 3. The number of nitrogens with zero attached hydrogens (tertiary/aromatic N) is 4. The summed E-state index contributed by atoms with van der Waals surface area (Å²) in [6.07, 6.45) is 1.38. The number of carbonyl (C=O) groups is 1. The molecule has 0 radical (unpaired) electrons. The zero-order valence-corrected chi connectivity index (χ0v) is 19.8. The van der Waals surface area contributed by atoms with Gasteiger partial charge >= 0.3 is 0 Å². The Morgan fingerprint density at radius 3 is 2.76 bits per heavy atom. The lowest BCUT2D eigenvalue weighted by atomic mass is 10.00. The average molecular weight is 483 g/mol. The lowest BCUT2D eigenvalue weighted by molar-refractivity contribution is 0.102. The molecule has 10 heteroatoms. The maximum absolute atomic E-state index is 12.6. The van der Waals surface area contributed by atoms with Gasteiger partial charge in [-0.15, -0.1) is 5.10 Å². The second-order valence-corrected chi connectivity index (χ2v) is 8.61. The highest BCUT2D eigenvalue weighted by Crippen LogP contribution is 2.31. The molecule has 3 heterocycles. The molecule has 3 aromatic rings. The Morgan fingerprint density at radius 1 is 1.24 bits per heavy atom. The highest BCUT2D eigenvalue weighted by molar-refractivity contribution is 6.30. The minimum absolute atomic E-state index is 0.00820. The van der Waals surface area contributed by atoms with E-state index in [9.17, 15) is 9.90 Å². The van der Waals surface area contributed by atoms with Crippen LogP contribution in [0, 0.1) is 6.92 Å². The smallest absolute Gasteiger partial charge is 0.276 e. The van der Waals surface area contributed by atoms with Crippen molar-refractivity contribution in [3.63, 3.8) is 0 Å². The van der Waals surface area contributed by atoms with Crippen molar-refractivity contribution in [3.05, 3.63) is 58.9 Å². The van der Waals surface area contributed by atoms with Gasteiger partial charge in [0.05, 0.1) is 31.0 Å². The van der Waals surface area contributed by atoms with Crippen LogP contribution in [0.5, 0.6) is 0 Å². The van der Waals surface area contributed by atoms with Crippen molar-refractivity contribution in [1.29, 1.82) is 0 Å². The summed E-state index contributed by atoms with van der Waals surface area (Å²) < 4.78 is 5.49. The van der Waals surface area contributed by atoms with Crippen molar-refractivity contribution >= 4 is 34.8 Å². The van der Waals surface area contributed by atoms with Gasteiger partial charge in [0.25, 0.3) is 5.91 Å². The van der Waals surface area contributed by atoms with E-state index in [1.54, 1.807) is 0 Å². The van der Waals surface area contributed by atoms with E-state index in [4.69, 9.17) is 21.3 Å². The largest absolute Gasteiger partial charge is 0.394 e. The lowest BCUT2D eigenvalue weighted by Crippen LogP contribution is -2.37. The number of morpholine rings is 1. The van der Waals surface area contributed by atoms with Gasteiger partial charge in [0.15, 0.2) is 5.69 Å². The second-order valence-electron chi connectivity index (χ2n) is 8.17. The lowest BCUT2D eigenvalue weighted by Gasteiger charge is -2.29. The van der Waals surface area contributed by atoms with Crippen molar-refractivity contribution in [2.24, 2.45) is 0 Å². The van der Waals surface area contributed by atoms with Gasteiger partial charge in [-0.05, 0) is 60.9 Å². The first-order valence-corrected chi connectivity index (χ1v) is 11.4. The minimum Gasteiger partial charge on any atom is -0.394 e. The van der Waals surface area contributed by atoms with Gasteiger partial charge in [0, 0.05) is 24.8 Å². The highest BCUT2D eigenvalue weighted by Gasteiger charge is 2.17. The monoisotopic (exact) mass is 482 g/mol. The third kappa shape index (κ3) is 5.80. The number of halogens is 1. The minimum atomic E-state index is -0.396. The summed E-state index contributed by atoms with van der Waals surface area (Å²) in [7, 11) is 0. The normalized spacial score (nSPS) is 14.5. The molecule has 0 unspecified atom stereocenters. The van der Waals surface area contributed by atoms with E-state index in [2.05, 4.69) is 25.7 Å². The summed E-state index contributed by atoms with van der Waals surface area (Å²) in [6.45, 7) is 6.70. The zero-order chi connectivity index (χ0) is 24.1. The van der Waals surface area contributed by atoms with Crippen molar-refractivity contribution in [2.45, 2.75) is 19.9 Å². The number of pyridine rings is 1. The van der Waals surface area contributed by atoms with Crippen molar-refractivity contribution in [2.75, 3.05) is 48.4 Å². The first-order chi connectivity index (χ1) is 16.4. The Hall–Kier alpha value is -3.27. The predicted molar refractivity (Wildman–Crippen MR) is 133 cm³/mol. The Balaban J connectivity index is 1.67. The summed E-state index contributed by atoms with van der Waals surface area (Å²) in [5.74, 6) is 1.10. The standard InChI is InChI=1S/C24H27ClN6O3/c1-15-3-4-19(28-24(33)21-11-18(25)13-26-30-21)12-20(15)17-9-22(27-16(2)14-32)29-23(10-17)31-5-7-34-8-6-31/h3-4,9-13,16,32H,5-8,14H2,1-2H3,(H,27,29)(H,28,33)/t16-/m1/s1. The van der Waals surface area contributed by atoms with Gasteiger partial charge in [-0.25, -0.2) is 4.98 Å². The number of ether oxygens (including phenoxy) is 1. The second kappa shape index (κ2) is 10.8. The number of aliphatic hydroxyl groups is 1. The molecule has 1 atom stereocenters. The van der Waals surface area contributed by atoms with Crippen LogP contribution in [0.2, 0.25) is 5.02 Å². The number of hydrogen-bond acceptors (Lipinski definition) is 8. The average Bonchev–Trinajstić information content (AvgIpc) is 2.85. The summed E-state index contributed by atoms with van der Waals surface area (Å²) in [6, 6.07) is 11.0. The third-order valence-corrected chi connectivity index (χ3v) is 5.68. The molecule has 2 aromatic heterocycles. The van der Waals surface area contributed by atoms with Gasteiger partial charge in [0.1, 0.15) is 11.6 Å². The first-order valence-electron chi connectivity index (χ1n) is 11.1. The third-order valence-electron chi connectivity index (χ3n) is 5.48. The summed E-state index contributed by atoms with van der Waals surface area (Å²) in [5, 5.41) is 23.5.